The molecule has 2 aromatic rings. The first-order valence-electron chi connectivity index (χ1n) is 8.61. The molecule has 0 heterocycles. The Kier molecular flexibility index (Phi) is 7.98. The molecule has 2 amide bonds. The highest BCUT2D eigenvalue weighted by Crippen LogP contribution is 2.27. The zero-order chi connectivity index (χ0) is 19.5. The Morgan fingerprint density at radius 2 is 2.00 bits per heavy atom. The quantitative estimate of drug-likeness (QED) is 0.526. The van der Waals surface area contributed by atoms with Crippen molar-refractivity contribution in [3.63, 3.8) is 0 Å². The predicted molar refractivity (Wildman–Crippen MR) is 102 cm³/mol. The van der Waals surface area contributed by atoms with Crippen LogP contribution in [0.5, 0.6) is 11.5 Å². The van der Waals surface area contributed by atoms with Crippen molar-refractivity contribution in [2.75, 3.05) is 20.3 Å². The number of rotatable bonds is 9. The number of hydrogen-bond acceptors (Lipinski definition) is 3. The van der Waals surface area contributed by atoms with Crippen molar-refractivity contribution in [2.45, 2.75) is 19.4 Å². The number of benzene rings is 2. The highest BCUT2D eigenvalue weighted by Gasteiger charge is 2.07. The third-order valence-corrected chi connectivity index (χ3v) is 3.81. The van der Waals surface area contributed by atoms with Gasteiger partial charge in [-0.3, -0.25) is 0 Å². The van der Waals surface area contributed by atoms with Crippen LogP contribution in [0, 0.1) is 18.2 Å². The number of carbonyl (C=O) groups excluding carboxylic acids is 1. The average molecular weight is 370 g/mol. The van der Waals surface area contributed by atoms with Gasteiger partial charge in [-0.15, -0.1) is 6.42 Å². The van der Waals surface area contributed by atoms with E-state index in [4.69, 9.17) is 15.9 Å². The summed E-state index contributed by atoms with van der Waals surface area (Å²) in [5, 5.41) is 5.56. The van der Waals surface area contributed by atoms with E-state index in [1.54, 1.807) is 25.3 Å². The van der Waals surface area contributed by atoms with Crippen LogP contribution >= 0.6 is 0 Å². The summed E-state index contributed by atoms with van der Waals surface area (Å²) in [5.74, 6) is 3.27. The zero-order valence-electron chi connectivity index (χ0n) is 15.3. The second-order valence-electron chi connectivity index (χ2n) is 5.82. The van der Waals surface area contributed by atoms with E-state index in [0.717, 1.165) is 17.5 Å². The van der Waals surface area contributed by atoms with E-state index in [2.05, 4.69) is 16.6 Å². The lowest BCUT2D eigenvalue weighted by Crippen LogP contribution is -2.35. The van der Waals surface area contributed by atoms with Gasteiger partial charge in [0.05, 0.1) is 7.11 Å². The van der Waals surface area contributed by atoms with E-state index >= 15 is 0 Å². The van der Waals surface area contributed by atoms with Gasteiger partial charge in [0.25, 0.3) is 0 Å². The van der Waals surface area contributed by atoms with Crippen LogP contribution in [0.2, 0.25) is 0 Å². The van der Waals surface area contributed by atoms with Gasteiger partial charge in [0.1, 0.15) is 12.4 Å². The van der Waals surface area contributed by atoms with Crippen LogP contribution < -0.4 is 20.1 Å². The summed E-state index contributed by atoms with van der Waals surface area (Å²) < 4.78 is 23.8. The first kappa shape index (κ1) is 20.1. The Labute approximate surface area is 158 Å². The first-order chi connectivity index (χ1) is 13.1. The summed E-state index contributed by atoms with van der Waals surface area (Å²) in [7, 11) is 1.55. The van der Waals surface area contributed by atoms with Gasteiger partial charge in [-0.1, -0.05) is 24.1 Å². The Hall–Kier alpha value is -3.20. The third kappa shape index (κ3) is 6.90. The van der Waals surface area contributed by atoms with Crippen molar-refractivity contribution < 1.29 is 18.7 Å². The smallest absolute Gasteiger partial charge is 0.315 e. The molecular weight excluding hydrogens is 347 g/mol. The fraction of sp³-hybridized carbons (Fsp3) is 0.286. The molecule has 0 unspecified atom stereocenters. The Morgan fingerprint density at radius 3 is 2.74 bits per heavy atom. The van der Waals surface area contributed by atoms with Crippen molar-refractivity contribution in [1.82, 2.24) is 10.6 Å². The molecule has 2 N–H and O–H groups in total. The van der Waals surface area contributed by atoms with Gasteiger partial charge in [0, 0.05) is 13.1 Å². The molecule has 2 aromatic carbocycles. The van der Waals surface area contributed by atoms with Crippen LogP contribution in [-0.2, 0) is 13.0 Å². The molecule has 0 radical (unpaired) electrons. The van der Waals surface area contributed by atoms with E-state index in [9.17, 15) is 9.18 Å². The second kappa shape index (κ2) is 10.7. The average Bonchev–Trinajstić information content (AvgIpc) is 2.68. The zero-order valence-corrected chi connectivity index (χ0v) is 15.3. The number of ether oxygens (including phenoxy) is 2. The molecule has 0 spiro atoms. The maximum absolute atomic E-state index is 13.1. The fourth-order valence-corrected chi connectivity index (χ4v) is 2.50. The SMILES string of the molecule is C#CCOc1cc(CNC(=O)NCCCc2cccc(F)c2)ccc1OC. The lowest BCUT2D eigenvalue weighted by atomic mass is 10.1. The molecule has 0 saturated heterocycles. The molecule has 0 fully saturated rings. The van der Waals surface area contributed by atoms with Crippen LogP contribution in [0.4, 0.5) is 9.18 Å². The van der Waals surface area contributed by atoms with Gasteiger partial charge in [0.2, 0.25) is 0 Å². The summed E-state index contributed by atoms with van der Waals surface area (Å²) in [5.41, 5.74) is 1.77. The molecule has 0 aliphatic carbocycles. The first-order valence-corrected chi connectivity index (χ1v) is 8.61. The highest BCUT2D eigenvalue weighted by atomic mass is 19.1. The van der Waals surface area contributed by atoms with E-state index in [1.165, 1.54) is 12.1 Å². The summed E-state index contributed by atoms with van der Waals surface area (Å²) in [6.45, 7) is 0.979. The summed E-state index contributed by atoms with van der Waals surface area (Å²) >= 11 is 0. The minimum Gasteiger partial charge on any atom is -0.493 e. The molecule has 0 aliphatic heterocycles. The number of terminal acetylenes is 1. The minimum absolute atomic E-state index is 0.138. The molecule has 0 saturated carbocycles. The lowest BCUT2D eigenvalue weighted by molar-refractivity contribution is 0.240. The van der Waals surface area contributed by atoms with Crippen molar-refractivity contribution in [3.8, 4) is 23.8 Å². The minimum atomic E-state index is -0.267. The monoisotopic (exact) mass is 370 g/mol. The van der Waals surface area contributed by atoms with Crippen LogP contribution in [0.3, 0.4) is 0 Å². The number of methoxy groups -OCH3 is 1. The van der Waals surface area contributed by atoms with Crippen LogP contribution in [0.25, 0.3) is 0 Å². The molecule has 27 heavy (non-hydrogen) atoms. The molecule has 0 atom stereocenters. The Bertz CT molecular complexity index is 802. The molecule has 0 aromatic heterocycles. The van der Waals surface area contributed by atoms with Gasteiger partial charge >= 0.3 is 6.03 Å². The molecule has 6 heteroatoms. The van der Waals surface area contributed by atoms with Crippen LogP contribution in [0.1, 0.15) is 17.5 Å². The normalized spacial score (nSPS) is 9.96. The standard InChI is InChI=1S/C21H23FN2O3/c1-3-12-27-20-14-17(9-10-19(20)26-2)15-24-21(25)23-11-5-7-16-6-4-8-18(22)13-16/h1,4,6,8-10,13-14H,5,7,11-12,15H2,2H3,(H2,23,24,25). The number of carbonyl (C=O) groups is 1. The summed E-state index contributed by atoms with van der Waals surface area (Å²) in [6.07, 6.45) is 6.63. The number of halogens is 1. The highest BCUT2D eigenvalue weighted by molar-refractivity contribution is 5.73. The molecule has 5 nitrogen and oxygen atoms in total. The molecule has 0 bridgehead atoms. The molecule has 2 rings (SSSR count). The van der Waals surface area contributed by atoms with Gasteiger partial charge in [-0.05, 0) is 48.2 Å². The Balaban J connectivity index is 1.74. The maximum Gasteiger partial charge on any atom is 0.315 e. The maximum atomic E-state index is 13.1. The predicted octanol–water partition coefficient (Wildman–Crippen LogP) is 3.28. The number of nitrogens with one attached hydrogen (secondary N) is 2. The summed E-state index contributed by atoms with van der Waals surface area (Å²) in [6, 6.07) is 11.6. The third-order valence-electron chi connectivity index (χ3n) is 3.81. The van der Waals surface area contributed by atoms with E-state index < -0.39 is 0 Å². The van der Waals surface area contributed by atoms with Gasteiger partial charge in [0.15, 0.2) is 11.5 Å². The van der Waals surface area contributed by atoms with E-state index in [1.807, 2.05) is 12.1 Å². The molecule has 0 aliphatic rings. The van der Waals surface area contributed by atoms with Gasteiger partial charge < -0.3 is 20.1 Å². The van der Waals surface area contributed by atoms with Crippen LogP contribution in [-0.4, -0.2) is 26.3 Å². The van der Waals surface area contributed by atoms with Gasteiger partial charge in [-0.25, -0.2) is 9.18 Å². The van der Waals surface area contributed by atoms with Crippen molar-refractivity contribution >= 4 is 6.03 Å². The molecular formula is C21H23FN2O3. The number of amides is 2. The number of urea groups is 1. The van der Waals surface area contributed by atoms with E-state index in [-0.39, 0.29) is 18.5 Å². The van der Waals surface area contributed by atoms with Crippen molar-refractivity contribution in [3.05, 3.63) is 59.4 Å². The fourth-order valence-electron chi connectivity index (χ4n) is 2.50. The van der Waals surface area contributed by atoms with Crippen molar-refractivity contribution in [1.29, 1.82) is 0 Å². The number of aryl methyl sites for hydroxylation is 1. The summed E-state index contributed by atoms with van der Waals surface area (Å²) in [4.78, 5) is 11.9. The van der Waals surface area contributed by atoms with Crippen LogP contribution in [0.15, 0.2) is 42.5 Å². The Morgan fingerprint density at radius 1 is 1.15 bits per heavy atom. The lowest BCUT2D eigenvalue weighted by Gasteiger charge is -2.12. The number of hydrogen-bond donors (Lipinski definition) is 2. The van der Waals surface area contributed by atoms with Crippen molar-refractivity contribution in [2.24, 2.45) is 0 Å². The van der Waals surface area contributed by atoms with Gasteiger partial charge in [-0.2, -0.15) is 0 Å². The largest absolute Gasteiger partial charge is 0.493 e. The molecule has 142 valence electrons. The van der Waals surface area contributed by atoms with E-state index in [0.29, 0.717) is 31.0 Å². The topological polar surface area (TPSA) is 59.6 Å². The second-order valence-corrected chi connectivity index (χ2v) is 5.82.